The number of hydrogen-bond donors (Lipinski definition) is 1. The third kappa shape index (κ3) is 2.16. The lowest BCUT2D eigenvalue weighted by atomic mass is 10.1. The number of ether oxygens (including phenoxy) is 1. The summed E-state index contributed by atoms with van der Waals surface area (Å²) in [6, 6.07) is 5.50. The fourth-order valence-electron chi connectivity index (χ4n) is 2.12. The fraction of sp³-hybridized carbons (Fsp3) is 0.385. The van der Waals surface area contributed by atoms with Crippen molar-refractivity contribution in [2.24, 2.45) is 5.92 Å². The molecule has 5 nitrogen and oxygen atoms in total. The van der Waals surface area contributed by atoms with Gasteiger partial charge in [-0.3, -0.25) is 9.59 Å². The summed E-state index contributed by atoms with van der Waals surface area (Å²) >= 11 is 0. The van der Waals surface area contributed by atoms with Crippen LogP contribution in [0.15, 0.2) is 18.2 Å². The van der Waals surface area contributed by atoms with Crippen LogP contribution in [0.3, 0.4) is 0 Å². The Hall–Kier alpha value is -2.04. The number of carboxylic acids is 1. The van der Waals surface area contributed by atoms with E-state index < -0.39 is 11.9 Å². The van der Waals surface area contributed by atoms with Crippen molar-refractivity contribution in [2.75, 3.05) is 18.6 Å². The van der Waals surface area contributed by atoms with Crippen LogP contribution in [0.1, 0.15) is 12.0 Å². The summed E-state index contributed by atoms with van der Waals surface area (Å²) in [4.78, 5) is 24.3. The normalized spacial score (nSPS) is 19.1. The second-order valence-electron chi connectivity index (χ2n) is 4.42. The van der Waals surface area contributed by atoms with Crippen LogP contribution in [0.2, 0.25) is 0 Å². The van der Waals surface area contributed by atoms with Gasteiger partial charge >= 0.3 is 5.97 Å². The highest BCUT2D eigenvalue weighted by Crippen LogP contribution is 2.33. The van der Waals surface area contributed by atoms with Crippen molar-refractivity contribution < 1.29 is 19.4 Å². The Labute approximate surface area is 105 Å². The predicted molar refractivity (Wildman–Crippen MR) is 65.8 cm³/mol. The largest absolute Gasteiger partial charge is 0.495 e. The highest BCUT2D eigenvalue weighted by Gasteiger charge is 2.36. The number of methoxy groups -OCH3 is 1. The van der Waals surface area contributed by atoms with E-state index in [9.17, 15) is 9.59 Å². The number of nitrogens with zero attached hydrogens (tertiary/aromatic N) is 1. The smallest absolute Gasteiger partial charge is 0.308 e. The van der Waals surface area contributed by atoms with Crippen LogP contribution in [-0.4, -0.2) is 30.6 Å². The van der Waals surface area contributed by atoms with Crippen molar-refractivity contribution in [2.45, 2.75) is 13.3 Å². The molecule has 0 aromatic heterocycles. The molecule has 1 aliphatic heterocycles. The van der Waals surface area contributed by atoms with Crippen LogP contribution < -0.4 is 9.64 Å². The minimum absolute atomic E-state index is 0.0480. The molecule has 1 fully saturated rings. The van der Waals surface area contributed by atoms with Crippen molar-refractivity contribution in [1.82, 2.24) is 0 Å². The molecule has 18 heavy (non-hydrogen) atoms. The number of anilines is 1. The second kappa shape index (κ2) is 4.68. The van der Waals surface area contributed by atoms with Crippen molar-refractivity contribution in [3.8, 4) is 5.75 Å². The van der Waals surface area contributed by atoms with Gasteiger partial charge in [-0.25, -0.2) is 0 Å². The molecule has 1 heterocycles. The Morgan fingerprint density at radius 2 is 2.22 bits per heavy atom. The van der Waals surface area contributed by atoms with Gasteiger partial charge in [-0.1, -0.05) is 6.07 Å². The first-order valence-electron chi connectivity index (χ1n) is 5.70. The highest BCUT2D eigenvalue weighted by molar-refractivity contribution is 6.00. The van der Waals surface area contributed by atoms with Gasteiger partial charge in [0, 0.05) is 13.0 Å². The zero-order valence-corrected chi connectivity index (χ0v) is 10.3. The van der Waals surface area contributed by atoms with E-state index in [0.717, 1.165) is 5.56 Å². The minimum atomic E-state index is -0.933. The van der Waals surface area contributed by atoms with Gasteiger partial charge in [-0.05, 0) is 24.6 Å². The summed E-state index contributed by atoms with van der Waals surface area (Å²) in [6.45, 7) is 2.12. The number of carboxylic acid groups (broad SMARTS) is 1. The van der Waals surface area contributed by atoms with Crippen molar-refractivity contribution >= 4 is 17.6 Å². The molecular weight excluding hydrogens is 234 g/mol. The Bertz CT molecular complexity index is 498. The van der Waals surface area contributed by atoms with E-state index in [1.165, 1.54) is 12.0 Å². The Balaban J connectivity index is 2.34. The molecule has 0 radical (unpaired) electrons. The van der Waals surface area contributed by atoms with E-state index in [4.69, 9.17) is 9.84 Å². The van der Waals surface area contributed by atoms with Crippen molar-refractivity contribution in [1.29, 1.82) is 0 Å². The van der Waals surface area contributed by atoms with Gasteiger partial charge in [0.15, 0.2) is 0 Å². The van der Waals surface area contributed by atoms with Gasteiger partial charge < -0.3 is 14.7 Å². The molecule has 0 aliphatic carbocycles. The molecule has 1 aliphatic rings. The van der Waals surface area contributed by atoms with Crippen LogP contribution in [-0.2, 0) is 9.59 Å². The van der Waals surface area contributed by atoms with E-state index >= 15 is 0 Å². The lowest BCUT2D eigenvalue weighted by Gasteiger charge is -2.19. The average molecular weight is 249 g/mol. The molecule has 0 unspecified atom stereocenters. The van der Waals surface area contributed by atoms with Crippen LogP contribution >= 0.6 is 0 Å². The van der Waals surface area contributed by atoms with Crippen LogP contribution in [0, 0.1) is 12.8 Å². The predicted octanol–water partition coefficient (Wildman–Crippen LogP) is 1.44. The number of benzene rings is 1. The average Bonchev–Trinajstić information content (AvgIpc) is 2.71. The zero-order valence-electron chi connectivity index (χ0n) is 10.3. The van der Waals surface area contributed by atoms with Crippen LogP contribution in [0.5, 0.6) is 5.75 Å². The number of amides is 1. The first kappa shape index (κ1) is 12.4. The molecule has 1 aromatic rings. The Morgan fingerprint density at radius 1 is 1.50 bits per heavy atom. The van der Waals surface area contributed by atoms with Gasteiger partial charge in [0.1, 0.15) is 5.75 Å². The van der Waals surface area contributed by atoms with Gasteiger partial charge in [0.25, 0.3) is 0 Å². The maximum absolute atomic E-state index is 11.9. The number of aryl methyl sites for hydroxylation is 1. The van der Waals surface area contributed by atoms with Gasteiger partial charge in [-0.15, -0.1) is 0 Å². The molecule has 1 aromatic carbocycles. The molecule has 0 saturated carbocycles. The van der Waals surface area contributed by atoms with Crippen LogP contribution in [0.25, 0.3) is 0 Å². The summed E-state index contributed by atoms with van der Waals surface area (Å²) < 4.78 is 5.22. The lowest BCUT2D eigenvalue weighted by Crippen LogP contribution is -2.26. The molecule has 2 rings (SSSR count). The zero-order chi connectivity index (χ0) is 13.3. The van der Waals surface area contributed by atoms with Gasteiger partial charge in [0.05, 0.1) is 18.7 Å². The van der Waals surface area contributed by atoms with Crippen molar-refractivity contribution in [3.63, 3.8) is 0 Å². The molecule has 1 amide bonds. The van der Waals surface area contributed by atoms with E-state index in [-0.39, 0.29) is 18.9 Å². The summed E-state index contributed by atoms with van der Waals surface area (Å²) in [7, 11) is 1.53. The summed E-state index contributed by atoms with van der Waals surface area (Å²) in [5.74, 6) is -1.16. The molecule has 1 atom stereocenters. The number of hydrogen-bond acceptors (Lipinski definition) is 3. The SMILES string of the molecule is COc1ccc(C)cc1N1C[C@@H](C(=O)O)CC1=O. The lowest BCUT2D eigenvalue weighted by molar-refractivity contribution is -0.141. The number of carbonyl (C=O) groups excluding carboxylic acids is 1. The van der Waals surface area contributed by atoms with E-state index in [0.29, 0.717) is 11.4 Å². The van der Waals surface area contributed by atoms with E-state index in [1.54, 1.807) is 6.07 Å². The van der Waals surface area contributed by atoms with E-state index in [1.807, 2.05) is 19.1 Å². The number of rotatable bonds is 3. The number of aliphatic carboxylic acids is 1. The van der Waals surface area contributed by atoms with Gasteiger partial charge in [-0.2, -0.15) is 0 Å². The third-order valence-corrected chi connectivity index (χ3v) is 3.10. The quantitative estimate of drug-likeness (QED) is 0.880. The first-order chi connectivity index (χ1) is 8.52. The fourth-order valence-corrected chi connectivity index (χ4v) is 2.12. The molecular formula is C13H15NO4. The van der Waals surface area contributed by atoms with E-state index in [2.05, 4.69) is 0 Å². The van der Waals surface area contributed by atoms with Gasteiger partial charge in [0.2, 0.25) is 5.91 Å². The topological polar surface area (TPSA) is 66.8 Å². The standard InChI is InChI=1S/C13H15NO4/c1-8-3-4-11(18-2)10(5-8)14-7-9(13(16)17)6-12(14)15/h3-5,9H,6-7H2,1-2H3,(H,16,17)/t9-/m0/s1. The summed E-state index contributed by atoms with van der Waals surface area (Å²) in [6.07, 6.45) is 0.0480. The molecule has 96 valence electrons. The third-order valence-electron chi connectivity index (χ3n) is 3.10. The van der Waals surface area contributed by atoms with Crippen LogP contribution in [0.4, 0.5) is 5.69 Å². The second-order valence-corrected chi connectivity index (χ2v) is 4.42. The Morgan fingerprint density at radius 3 is 2.78 bits per heavy atom. The number of carbonyl (C=O) groups is 2. The highest BCUT2D eigenvalue weighted by atomic mass is 16.5. The summed E-state index contributed by atoms with van der Waals surface area (Å²) in [5, 5.41) is 8.97. The monoisotopic (exact) mass is 249 g/mol. The maximum Gasteiger partial charge on any atom is 0.308 e. The molecule has 1 N–H and O–H groups in total. The molecule has 5 heteroatoms. The first-order valence-corrected chi connectivity index (χ1v) is 5.70. The maximum atomic E-state index is 11.9. The molecule has 0 spiro atoms. The molecule has 0 bridgehead atoms. The van der Waals surface area contributed by atoms with Crippen molar-refractivity contribution in [3.05, 3.63) is 23.8 Å². The minimum Gasteiger partial charge on any atom is -0.495 e. The summed E-state index contributed by atoms with van der Waals surface area (Å²) in [5.41, 5.74) is 1.64. The molecule has 1 saturated heterocycles. The Kier molecular flexibility index (Phi) is 3.23.